The van der Waals surface area contributed by atoms with Gasteiger partial charge in [0.1, 0.15) is 11.6 Å². The fraction of sp³-hybridized carbons (Fsp3) is 0.571. The first-order chi connectivity index (χ1) is 7.94. The highest BCUT2D eigenvalue weighted by Gasteiger charge is 2.25. The summed E-state index contributed by atoms with van der Waals surface area (Å²) in [5.41, 5.74) is 1.28. The van der Waals surface area contributed by atoms with Crippen molar-refractivity contribution in [1.82, 2.24) is 4.90 Å². The zero-order valence-electron chi connectivity index (χ0n) is 10.5. The van der Waals surface area contributed by atoms with Gasteiger partial charge in [-0.2, -0.15) is 0 Å². The predicted molar refractivity (Wildman–Crippen MR) is 66.4 cm³/mol. The highest BCUT2D eigenvalue weighted by atomic mass is 19.1. The molecule has 94 valence electrons. The Balaban J connectivity index is 1.97. The van der Waals surface area contributed by atoms with Gasteiger partial charge in [0.05, 0.1) is 0 Å². The molecule has 1 aliphatic heterocycles. The summed E-state index contributed by atoms with van der Waals surface area (Å²) in [6.07, 6.45) is 2.35. The van der Waals surface area contributed by atoms with Gasteiger partial charge >= 0.3 is 0 Å². The molecule has 1 heterocycles. The maximum absolute atomic E-state index is 13.1. The van der Waals surface area contributed by atoms with E-state index in [0.717, 1.165) is 31.3 Å². The Morgan fingerprint density at radius 2 is 1.88 bits per heavy atom. The minimum absolute atomic E-state index is 0.0114. The first-order valence-electron chi connectivity index (χ1n) is 6.15. The van der Waals surface area contributed by atoms with Crippen molar-refractivity contribution in [2.75, 3.05) is 13.1 Å². The monoisotopic (exact) mass is 237 g/mol. The number of hydrogen-bond acceptors (Lipinski definition) is 2. The number of halogens is 1. The van der Waals surface area contributed by atoms with Crippen molar-refractivity contribution in [3.63, 3.8) is 0 Å². The van der Waals surface area contributed by atoms with Crippen LogP contribution in [0.25, 0.3) is 0 Å². The van der Waals surface area contributed by atoms with Gasteiger partial charge in [-0.3, -0.25) is 4.90 Å². The quantitative estimate of drug-likeness (QED) is 0.854. The van der Waals surface area contributed by atoms with Gasteiger partial charge in [-0.25, -0.2) is 4.39 Å². The van der Waals surface area contributed by atoms with Crippen LogP contribution in [0.3, 0.4) is 0 Å². The van der Waals surface area contributed by atoms with E-state index in [1.807, 2.05) is 0 Å². The Kier molecular flexibility index (Phi) is 3.38. The van der Waals surface area contributed by atoms with Crippen LogP contribution in [0.2, 0.25) is 0 Å². The van der Waals surface area contributed by atoms with Crippen LogP contribution in [0.4, 0.5) is 4.39 Å². The maximum atomic E-state index is 13.1. The number of rotatable bonds is 2. The fourth-order valence-corrected chi connectivity index (χ4v) is 2.30. The molecule has 1 N–H and O–H groups in total. The minimum atomic E-state index is -0.364. The highest BCUT2D eigenvalue weighted by molar-refractivity contribution is 5.28. The van der Waals surface area contributed by atoms with Crippen molar-refractivity contribution in [3.05, 3.63) is 29.6 Å². The van der Waals surface area contributed by atoms with Crippen LogP contribution in [0, 0.1) is 11.2 Å². The van der Waals surface area contributed by atoms with Crippen molar-refractivity contribution >= 4 is 0 Å². The SMILES string of the molecule is CC1(C)CCN(Cc2cc(O)cc(F)c2)CC1. The lowest BCUT2D eigenvalue weighted by atomic mass is 9.82. The number of aromatic hydroxyl groups is 1. The second-order valence-corrected chi connectivity index (χ2v) is 5.76. The maximum Gasteiger partial charge on any atom is 0.127 e. The molecule has 1 aliphatic rings. The molecule has 1 saturated heterocycles. The summed E-state index contributed by atoms with van der Waals surface area (Å²) < 4.78 is 13.1. The van der Waals surface area contributed by atoms with E-state index in [2.05, 4.69) is 18.7 Å². The molecule has 2 rings (SSSR count). The third-order valence-electron chi connectivity index (χ3n) is 3.56. The Morgan fingerprint density at radius 1 is 1.24 bits per heavy atom. The number of nitrogens with zero attached hydrogens (tertiary/aromatic N) is 1. The predicted octanol–water partition coefficient (Wildman–Crippen LogP) is 3.15. The molecule has 0 spiro atoms. The lowest BCUT2D eigenvalue weighted by molar-refractivity contribution is 0.127. The molecular formula is C14H20FNO. The number of hydrogen-bond donors (Lipinski definition) is 1. The molecule has 3 heteroatoms. The lowest BCUT2D eigenvalue weighted by Crippen LogP contribution is -2.36. The molecule has 0 atom stereocenters. The number of piperidine rings is 1. The molecule has 0 bridgehead atoms. The Hall–Kier alpha value is -1.09. The Morgan fingerprint density at radius 3 is 2.47 bits per heavy atom. The van der Waals surface area contributed by atoms with Gasteiger partial charge in [-0.1, -0.05) is 13.8 Å². The van der Waals surface area contributed by atoms with Crippen LogP contribution in [0.1, 0.15) is 32.3 Å². The molecule has 2 nitrogen and oxygen atoms in total. The van der Waals surface area contributed by atoms with Gasteiger partial charge in [0.15, 0.2) is 0 Å². The summed E-state index contributed by atoms with van der Waals surface area (Å²) in [5, 5.41) is 9.35. The van der Waals surface area contributed by atoms with Crippen molar-refractivity contribution in [1.29, 1.82) is 0 Å². The molecule has 1 aromatic carbocycles. The van der Waals surface area contributed by atoms with Crippen LogP contribution in [-0.4, -0.2) is 23.1 Å². The highest BCUT2D eigenvalue weighted by Crippen LogP contribution is 2.30. The Bertz CT molecular complexity index is 373. The zero-order valence-corrected chi connectivity index (χ0v) is 10.5. The first-order valence-corrected chi connectivity index (χ1v) is 6.15. The molecule has 1 fully saturated rings. The molecular weight excluding hydrogens is 217 g/mol. The van der Waals surface area contributed by atoms with Gasteiger partial charge in [0.2, 0.25) is 0 Å². The fourth-order valence-electron chi connectivity index (χ4n) is 2.30. The number of phenolic OH excluding ortho intramolecular Hbond substituents is 1. The van der Waals surface area contributed by atoms with Gasteiger partial charge in [0.25, 0.3) is 0 Å². The number of benzene rings is 1. The van der Waals surface area contributed by atoms with Crippen molar-refractivity contribution in [2.45, 2.75) is 33.2 Å². The summed E-state index contributed by atoms with van der Waals surface area (Å²) in [6, 6.07) is 4.28. The molecule has 0 saturated carbocycles. The van der Waals surface area contributed by atoms with E-state index in [1.54, 1.807) is 6.07 Å². The largest absolute Gasteiger partial charge is 0.508 e. The molecule has 0 amide bonds. The number of likely N-dealkylation sites (tertiary alicyclic amines) is 1. The molecule has 17 heavy (non-hydrogen) atoms. The van der Waals surface area contributed by atoms with Crippen LogP contribution in [0.5, 0.6) is 5.75 Å². The van der Waals surface area contributed by atoms with E-state index in [1.165, 1.54) is 18.9 Å². The third kappa shape index (κ3) is 3.43. The van der Waals surface area contributed by atoms with Crippen molar-refractivity contribution in [3.8, 4) is 5.75 Å². The summed E-state index contributed by atoms with van der Waals surface area (Å²) >= 11 is 0. The average Bonchev–Trinajstić information content (AvgIpc) is 2.20. The summed E-state index contributed by atoms with van der Waals surface area (Å²) in [5.74, 6) is -0.352. The molecule has 0 unspecified atom stereocenters. The van der Waals surface area contributed by atoms with Gasteiger partial charge in [-0.15, -0.1) is 0 Å². The standard InChI is InChI=1S/C14H20FNO/c1-14(2)3-5-16(6-4-14)10-11-7-12(15)9-13(17)8-11/h7-9,17H,3-6,10H2,1-2H3. The van der Waals surface area contributed by atoms with Crippen LogP contribution < -0.4 is 0 Å². The summed E-state index contributed by atoms with van der Waals surface area (Å²) in [7, 11) is 0. The van der Waals surface area contributed by atoms with Gasteiger partial charge in [-0.05, 0) is 49.0 Å². The smallest absolute Gasteiger partial charge is 0.127 e. The average molecular weight is 237 g/mol. The third-order valence-corrected chi connectivity index (χ3v) is 3.56. The van der Waals surface area contributed by atoms with Crippen LogP contribution >= 0.6 is 0 Å². The van der Waals surface area contributed by atoms with E-state index < -0.39 is 0 Å². The minimum Gasteiger partial charge on any atom is -0.508 e. The first kappa shape index (κ1) is 12.4. The van der Waals surface area contributed by atoms with Gasteiger partial charge < -0.3 is 5.11 Å². The second-order valence-electron chi connectivity index (χ2n) is 5.76. The molecule has 0 radical (unpaired) electrons. The number of phenols is 1. The van der Waals surface area contributed by atoms with Crippen molar-refractivity contribution < 1.29 is 9.50 Å². The topological polar surface area (TPSA) is 23.5 Å². The van der Waals surface area contributed by atoms with Crippen LogP contribution in [0.15, 0.2) is 18.2 Å². The second kappa shape index (κ2) is 4.65. The van der Waals surface area contributed by atoms with E-state index in [0.29, 0.717) is 5.41 Å². The zero-order chi connectivity index (χ0) is 12.5. The molecule has 0 aliphatic carbocycles. The summed E-state index contributed by atoms with van der Waals surface area (Å²) in [4.78, 5) is 2.32. The Labute approximate surface area is 102 Å². The van der Waals surface area contributed by atoms with E-state index in [9.17, 15) is 9.50 Å². The lowest BCUT2D eigenvalue weighted by Gasteiger charge is -2.36. The van der Waals surface area contributed by atoms with E-state index >= 15 is 0 Å². The molecule has 1 aromatic rings. The van der Waals surface area contributed by atoms with Crippen molar-refractivity contribution in [2.24, 2.45) is 5.41 Å². The van der Waals surface area contributed by atoms with E-state index in [-0.39, 0.29) is 11.6 Å². The normalized spacial score (nSPS) is 20.4. The van der Waals surface area contributed by atoms with E-state index in [4.69, 9.17) is 0 Å². The van der Waals surface area contributed by atoms with Crippen LogP contribution in [-0.2, 0) is 6.54 Å². The summed E-state index contributed by atoms with van der Waals surface area (Å²) in [6.45, 7) is 7.40. The molecule has 0 aromatic heterocycles. The van der Waals surface area contributed by atoms with Gasteiger partial charge in [0, 0.05) is 12.6 Å².